The van der Waals surface area contributed by atoms with Gasteiger partial charge < -0.3 is 0 Å². The molecular weight excluding hydrogens is 673 g/mol. The number of hydrogen-bond donors (Lipinski definition) is 3. The number of amides is 1. The predicted octanol–water partition coefficient (Wildman–Crippen LogP) is 9.04. The fourth-order valence-corrected chi connectivity index (χ4v) is 23.2. The molecule has 0 saturated carbocycles. The minimum atomic E-state index is -2.67. The minimum absolute atomic E-state index is 0.163. The number of carboxylic acid groups (broad SMARTS) is 2. The van der Waals surface area contributed by atoms with Crippen molar-refractivity contribution in [3.05, 3.63) is 29.8 Å². The van der Waals surface area contributed by atoms with Gasteiger partial charge in [-0.3, -0.25) is 0 Å². The van der Waals surface area contributed by atoms with E-state index in [0.29, 0.717) is 6.42 Å². The Balaban J connectivity index is 3.71. The Hall–Kier alpha value is -1.77. The van der Waals surface area contributed by atoms with Crippen molar-refractivity contribution in [3.8, 4) is 0 Å². The zero-order valence-electron chi connectivity index (χ0n) is 30.2. The summed E-state index contributed by atoms with van der Waals surface area (Å²) < 4.78 is 10.9. The summed E-state index contributed by atoms with van der Waals surface area (Å²) >= 11 is -2.67. The summed E-state index contributed by atoms with van der Waals surface area (Å²) in [6.07, 6.45) is 8.18. The van der Waals surface area contributed by atoms with E-state index in [2.05, 4.69) is 50.4 Å². The number of aliphatic carboxylic acids is 2. The number of alkyl carbamates (subject to hydrolysis) is 1. The predicted molar refractivity (Wildman–Crippen MR) is 188 cm³/mol. The van der Waals surface area contributed by atoms with E-state index in [1.807, 2.05) is 27.7 Å². The molecule has 1 aromatic rings. The van der Waals surface area contributed by atoms with Gasteiger partial charge in [-0.25, -0.2) is 0 Å². The van der Waals surface area contributed by atoms with Gasteiger partial charge >= 0.3 is 260 Å². The van der Waals surface area contributed by atoms with Crippen LogP contribution in [0.3, 0.4) is 0 Å². The molecule has 7 nitrogen and oxygen atoms in total. The van der Waals surface area contributed by atoms with Crippen LogP contribution in [0, 0.1) is 22.7 Å². The molecule has 0 aliphatic rings. The third-order valence-electron chi connectivity index (χ3n) is 9.72. The number of ether oxygens (including phenoxy) is 1. The Morgan fingerprint density at radius 3 is 1.60 bits per heavy atom. The molecule has 0 aromatic heterocycles. The monoisotopic (exact) mass is 739 g/mol. The van der Waals surface area contributed by atoms with Gasteiger partial charge in [-0.1, -0.05) is 13.3 Å². The first-order valence-corrected chi connectivity index (χ1v) is 25.0. The summed E-state index contributed by atoms with van der Waals surface area (Å²) in [4.78, 5) is 39.6. The zero-order chi connectivity index (χ0) is 34.5. The van der Waals surface area contributed by atoms with E-state index in [4.69, 9.17) is 4.74 Å². The van der Waals surface area contributed by atoms with Crippen molar-refractivity contribution in [2.45, 2.75) is 146 Å². The standard InChI is InChI=1S/C25H38NO6.3C4H9.Sn/c1-8-9-15-32-22(31)26-25(21(29)30,24(5,6)7)19(23(2,3)4)18(20(27)28)16-17-13-11-10-12-14-17;3*1-3-4-2;/h11-14,18-19H,8-9,15-16H2,1-7H3,(H,26,31)(H,27,28)(H,29,30);3*1,3-4H2,2H3;. The second-order valence-electron chi connectivity index (χ2n) is 15.3. The van der Waals surface area contributed by atoms with Crippen molar-refractivity contribution >= 4 is 40.0 Å². The van der Waals surface area contributed by atoms with Gasteiger partial charge in [0, 0.05) is 0 Å². The van der Waals surface area contributed by atoms with Crippen LogP contribution in [0.15, 0.2) is 24.3 Å². The maximum absolute atomic E-state index is 13.4. The van der Waals surface area contributed by atoms with Crippen molar-refractivity contribution in [2.75, 3.05) is 6.61 Å². The second kappa shape index (κ2) is 18.5. The third-order valence-corrected chi connectivity index (χ3v) is 25.4. The number of rotatable bonds is 20. The van der Waals surface area contributed by atoms with Crippen molar-refractivity contribution in [2.24, 2.45) is 22.7 Å². The summed E-state index contributed by atoms with van der Waals surface area (Å²) in [6.45, 7) is 19.8. The van der Waals surface area contributed by atoms with Crippen molar-refractivity contribution < 1.29 is 29.3 Å². The maximum atomic E-state index is 13.4. The van der Waals surface area contributed by atoms with Crippen LogP contribution in [-0.4, -0.2) is 58.8 Å². The number of carbonyl (C=O) groups excluding carboxylic acids is 1. The molecule has 45 heavy (non-hydrogen) atoms. The molecule has 3 N–H and O–H groups in total. The molecule has 0 heterocycles. The SMILES string of the molecule is CCCCOC(=O)NC(C(=O)O)(C(C(Cc1cc[c]([Sn]([CH2]CCC)([CH2]CCC)[CH2]CCC)cc1)C(=O)O)C(C)(C)C)C(C)(C)C. The van der Waals surface area contributed by atoms with Gasteiger partial charge in [0.25, 0.3) is 0 Å². The molecular formula is C37H65NO6Sn. The summed E-state index contributed by atoms with van der Waals surface area (Å²) in [5.74, 6) is -4.37. The number of carbonyl (C=O) groups is 3. The van der Waals surface area contributed by atoms with Gasteiger partial charge in [-0.05, 0) is 6.42 Å². The van der Waals surface area contributed by atoms with Crippen molar-refractivity contribution in [3.63, 3.8) is 0 Å². The van der Waals surface area contributed by atoms with Crippen LogP contribution in [-0.2, 0) is 20.7 Å². The van der Waals surface area contributed by atoms with E-state index in [9.17, 15) is 24.6 Å². The van der Waals surface area contributed by atoms with Gasteiger partial charge in [-0.2, -0.15) is 0 Å². The molecule has 0 spiro atoms. The van der Waals surface area contributed by atoms with Gasteiger partial charge in [0.15, 0.2) is 0 Å². The second-order valence-corrected chi connectivity index (χ2v) is 28.5. The molecule has 0 aliphatic heterocycles. The molecule has 258 valence electrons. The van der Waals surface area contributed by atoms with Crippen LogP contribution in [0.1, 0.15) is 126 Å². The van der Waals surface area contributed by atoms with E-state index in [1.165, 1.54) is 55.4 Å². The quantitative estimate of drug-likeness (QED) is 0.0910. The molecule has 1 amide bonds. The fourth-order valence-electron chi connectivity index (χ4n) is 7.25. The summed E-state index contributed by atoms with van der Waals surface area (Å²) in [7, 11) is 0. The van der Waals surface area contributed by atoms with Gasteiger partial charge in [-0.15, -0.1) is 0 Å². The molecule has 0 bridgehead atoms. The van der Waals surface area contributed by atoms with Crippen LogP contribution >= 0.6 is 0 Å². The summed E-state index contributed by atoms with van der Waals surface area (Å²) in [6, 6.07) is 8.73. The molecule has 0 saturated heterocycles. The molecule has 0 fully saturated rings. The first-order chi connectivity index (χ1) is 21.0. The molecule has 3 atom stereocenters. The van der Waals surface area contributed by atoms with Gasteiger partial charge in [0.05, 0.1) is 0 Å². The molecule has 0 radical (unpaired) electrons. The Morgan fingerprint density at radius 2 is 1.24 bits per heavy atom. The number of hydrogen-bond acceptors (Lipinski definition) is 4. The summed E-state index contributed by atoms with van der Waals surface area (Å²) in [5, 5.41) is 24.4. The van der Waals surface area contributed by atoms with E-state index < -0.39 is 64.6 Å². The first kappa shape index (κ1) is 41.3. The van der Waals surface area contributed by atoms with E-state index in [-0.39, 0.29) is 13.0 Å². The van der Waals surface area contributed by atoms with Gasteiger partial charge in [0.2, 0.25) is 0 Å². The van der Waals surface area contributed by atoms with Crippen molar-refractivity contribution in [1.82, 2.24) is 5.32 Å². The topological polar surface area (TPSA) is 113 Å². The molecule has 8 heteroatoms. The molecule has 1 rings (SSSR count). The van der Waals surface area contributed by atoms with Crippen LogP contribution in [0.5, 0.6) is 0 Å². The molecule has 1 aromatic carbocycles. The van der Waals surface area contributed by atoms with Crippen LogP contribution in [0.2, 0.25) is 13.3 Å². The molecule has 3 unspecified atom stereocenters. The zero-order valence-corrected chi connectivity index (χ0v) is 33.0. The number of unbranched alkanes of at least 4 members (excludes halogenated alkanes) is 4. The third kappa shape index (κ3) is 11.2. The molecule has 0 aliphatic carbocycles. The van der Waals surface area contributed by atoms with E-state index in [0.717, 1.165) is 12.0 Å². The Bertz CT molecular complexity index is 1040. The number of benzene rings is 1. The van der Waals surface area contributed by atoms with Crippen LogP contribution < -0.4 is 8.90 Å². The van der Waals surface area contributed by atoms with E-state index in [1.54, 1.807) is 20.8 Å². The summed E-state index contributed by atoms with van der Waals surface area (Å²) in [5.41, 5.74) is -2.87. The fraction of sp³-hybridized carbons (Fsp3) is 0.757. The Labute approximate surface area is 278 Å². The van der Waals surface area contributed by atoms with Crippen molar-refractivity contribution in [1.29, 1.82) is 0 Å². The Kier molecular flexibility index (Phi) is 17.0. The normalized spacial score (nSPS) is 15.2. The van der Waals surface area contributed by atoms with Gasteiger partial charge in [0.1, 0.15) is 0 Å². The van der Waals surface area contributed by atoms with Crippen LogP contribution in [0.25, 0.3) is 0 Å². The average Bonchev–Trinajstić information content (AvgIpc) is 2.95. The van der Waals surface area contributed by atoms with E-state index >= 15 is 0 Å². The first-order valence-electron chi connectivity index (χ1n) is 17.5. The Morgan fingerprint density at radius 1 is 0.778 bits per heavy atom. The number of nitrogens with one attached hydrogen (secondary N) is 1. The number of carboxylic acids is 2. The van der Waals surface area contributed by atoms with Crippen LogP contribution in [0.4, 0.5) is 4.79 Å². The average molecular weight is 739 g/mol.